The second-order valence-electron chi connectivity index (χ2n) is 5.60. The fraction of sp³-hybridized carbons (Fsp3) is 0.250. The first-order valence-electron chi connectivity index (χ1n) is 7.82. The Labute approximate surface area is 143 Å². The first-order valence-corrected chi connectivity index (χ1v) is 7.82. The number of nitrogens with zero attached hydrogens (tertiary/aromatic N) is 1. The van der Waals surface area contributed by atoms with E-state index < -0.39 is 0 Å². The molecule has 2 rings (SSSR count). The minimum absolute atomic E-state index is 0.609. The highest BCUT2D eigenvalue weighted by Crippen LogP contribution is 2.32. The standard InChI is InChI=1S/C20H23NO3/c1-21(2)12-14-24-17-8-6-7-16(15-17)18(11-13-22)19-9-4-5-10-20(19)23-3/h4-11,13,15H,12,14H2,1-3H3. The molecular weight excluding hydrogens is 302 g/mol. The average molecular weight is 325 g/mol. The summed E-state index contributed by atoms with van der Waals surface area (Å²) < 4.78 is 11.2. The highest BCUT2D eigenvalue weighted by atomic mass is 16.5. The summed E-state index contributed by atoms with van der Waals surface area (Å²) in [5.41, 5.74) is 2.59. The van der Waals surface area contributed by atoms with Crippen molar-refractivity contribution in [3.8, 4) is 11.5 Å². The molecule has 4 nitrogen and oxygen atoms in total. The van der Waals surface area contributed by atoms with Crippen molar-refractivity contribution in [2.75, 3.05) is 34.4 Å². The molecule has 0 saturated carbocycles. The summed E-state index contributed by atoms with van der Waals surface area (Å²) in [6, 6.07) is 15.4. The van der Waals surface area contributed by atoms with Gasteiger partial charge in [-0.25, -0.2) is 0 Å². The van der Waals surface area contributed by atoms with Gasteiger partial charge >= 0.3 is 0 Å². The molecule has 4 heteroatoms. The van der Waals surface area contributed by atoms with Crippen molar-refractivity contribution >= 4 is 11.9 Å². The Morgan fingerprint density at radius 3 is 2.62 bits per heavy atom. The van der Waals surface area contributed by atoms with Gasteiger partial charge in [-0.15, -0.1) is 0 Å². The number of likely N-dealkylation sites (N-methyl/N-ethyl adjacent to an activating group) is 1. The molecule has 24 heavy (non-hydrogen) atoms. The molecule has 2 aromatic rings. The molecule has 0 fully saturated rings. The lowest BCUT2D eigenvalue weighted by atomic mass is 9.96. The number of allylic oxidation sites excluding steroid dienone is 1. The third-order valence-electron chi connectivity index (χ3n) is 3.58. The summed E-state index contributed by atoms with van der Waals surface area (Å²) in [6.07, 6.45) is 2.35. The summed E-state index contributed by atoms with van der Waals surface area (Å²) >= 11 is 0. The monoisotopic (exact) mass is 325 g/mol. The van der Waals surface area contributed by atoms with Gasteiger partial charge in [-0.05, 0) is 49.5 Å². The quantitative estimate of drug-likeness (QED) is 0.551. The maximum Gasteiger partial charge on any atom is 0.143 e. The van der Waals surface area contributed by atoms with Gasteiger partial charge in [0.1, 0.15) is 24.4 Å². The van der Waals surface area contributed by atoms with E-state index in [0.717, 1.165) is 41.0 Å². The molecule has 0 aliphatic rings. The zero-order chi connectivity index (χ0) is 17.4. The van der Waals surface area contributed by atoms with Crippen molar-refractivity contribution in [2.24, 2.45) is 0 Å². The predicted molar refractivity (Wildman–Crippen MR) is 96.6 cm³/mol. The largest absolute Gasteiger partial charge is 0.496 e. The molecule has 0 amide bonds. The van der Waals surface area contributed by atoms with Crippen LogP contribution in [0.25, 0.3) is 5.57 Å². The topological polar surface area (TPSA) is 38.8 Å². The summed E-state index contributed by atoms with van der Waals surface area (Å²) in [5.74, 6) is 1.51. The number of aldehydes is 1. The molecule has 0 aliphatic heterocycles. The average Bonchev–Trinajstić information content (AvgIpc) is 2.59. The molecule has 126 valence electrons. The Morgan fingerprint density at radius 1 is 1.12 bits per heavy atom. The fourth-order valence-electron chi connectivity index (χ4n) is 2.38. The number of methoxy groups -OCH3 is 1. The second kappa shape index (κ2) is 8.89. The second-order valence-corrected chi connectivity index (χ2v) is 5.60. The van der Waals surface area contributed by atoms with E-state index in [1.54, 1.807) is 13.2 Å². The van der Waals surface area contributed by atoms with Crippen LogP contribution in [0.2, 0.25) is 0 Å². The summed E-state index contributed by atoms with van der Waals surface area (Å²) in [4.78, 5) is 13.2. The van der Waals surface area contributed by atoms with E-state index in [1.807, 2.05) is 62.6 Å². The highest BCUT2D eigenvalue weighted by Gasteiger charge is 2.11. The van der Waals surface area contributed by atoms with Gasteiger partial charge < -0.3 is 14.4 Å². The van der Waals surface area contributed by atoms with Crippen molar-refractivity contribution in [1.82, 2.24) is 4.90 Å². The van der Waals surface area contributed by atoms with Crippen LogP contribution in [0.3, 0.4) is 0 Å². The van der Waals surface area contributed by atoms with E-state index in [2.05, 4.69) is 4.90 Å². The first-order chi connectivity index (χ1) is 11.7. The minimum atomic E-state index is 0.609. The summed E-state index contributed by atoms with van der Waals surface area (Å²) in [7, 11) is 5.64. The molecule has 0 bridgehead atoms. The molecule has 0 N–H and O–H groups in total. The Morgan fingerprint density at radius 2 is 1.92 bits per heavy atom. The van der Waals surface area contributed by atoms with E-state index in [1.165, 1.54) is 0 Å². The van der Waals surface area contributed by atoms with E-state index in [-0.39, 0.29) is 0 Å². The third kappa shape index (κ3) is 4.70. The van der Waals surface area contributed by atoms with Gasteiger partial charge in [0.05, 0.1) is 7.11 Å². The number of carbonyl (C=O) groups excluding carboxylic acids is 1. The molecular formula is C20H23NO3. The number of carbonyl (C=O) groups is 1. The number of hydrogen-bond acceptors (Lipinski definition) is 4. The van der Waals surface area contributed by atoms with Crippen LogP contribution >= 0.6 is 0 Å². The Bertz CT molecular complexity index is 708. The van der Waals surface area contributed by atoms with Crippen molar-refractivity contribution in [1.29, 1.82) is 0 Å². The molecule has 0 aromatic heterocycles. The molecule has 0 aliphatic carbocycles. The van der Waals surface area contributed by atoms with Crippen molar-refractivity contribution in [2.45, 2.75) is 0 Å². The van der Waals surface area contributed by atoms with Crippen LogP contribution in [0.1, 0.15) is 11.1 Å². The van der Waals surface area contributed by atoms with E-state index in [9.17, 15) is 4.79 Å². The molecule has 0 spiro atoms. The van der Waals surface area contributed by atoms with Gasteiger partial charge in [-0.3, -0.25) is 4.79 Å². The van der Waals surface area contributed by atoms with Crippen LogP contribution in [0, 0.1) is 0 Å². The lowest BCUT2D eigenvalue weighted by Gasteiger charge is -2.14. The van der Waals surface area contributed by atoms with Crippen LogP contribution in [0.5, 0.6) is 11.5 Å². The van der Waals surface area contributed by atoms with E-state index in [4.69, 9.17) is 9.47 Å². The fourth-order valence-corrected chi connectivity index (χ4v) is 2.38. The van der Waals surface area contributed by atoms with Crippen LogP contribution in [-0.2, 0) is 4.79 Å². The lowest BCUT2D eigenvalue weighted by molar-refractivity contribution is -0.104. The zero-order valence-corrected chi connectivity index (χ0v) is 14.4. The Hall–Kier alpha value is -2.59. The zero-order valence-electron chi connectivity index (χ0n) is 14.4. The van der Waals surface area contributed by atoms with Crippen LogP contribution in [-0.4, -0.2) is 45.5 Å². The molecule has 0 saturated heterocycles. The van der Waals surface area contributed by atoms with Crippen molar-refractivity contribution in [3.63, 3.8) is 0 Å². The maximum absolute atomic E-state index is 11.1. The molecule has 0 heterocycles. The Kier molecular flexibility index (Phi) is 6.58. The predicted octanol–water partition coefficient (Wildman–Crippen LogP) is 3.27. The third-order valence-corrected chi connectivity index (χ3v) is 3.58. The maximum atomic E-state index is 11.1. The summed E-state index contributed by atoms with van der Waals surface area (Å²) in [5, 5.41) is 0. The lowest BCUT2D eigenvalue weighted by Crippen LogP contribution is -2.19. The van der Waals surface area contributed by atoms with Crippen LogP contribution in [0.15, 0.2) is 54.6 Å². The van der Waals surface area contributed by atoms with Crippen LogP contribution < -0.4 is 9.47 Å². The van der Waals surface area contributed by atoms with Gasteiger partial charge in [-0.1, -0.05) is 30.3 Å². The molecule has 2 aromatic carbocycles. The first kappa shape index (κ1) is 17.8. The van der Waals surface area contributed by atoms with Gasteiger partial charge in [0.15, 0.2) is 0 Å². The van der Waals surface area contributed by atoms with E-state index in [0.29, 0.717) is 6.61 Å². The number of para-hydroxylation sites is 1. The van der Waals surface area contributed by atoms with Crippen LogP contribution in [0.4, 0.5) is 0 Å². The number of hydrogen-bond donors (Lipinski definition) is 0. The van der Waals surface area contributed by atoms with Gasteiger partial charge in [-0.2, -0.15) is 0 Å². The number of rotatable bonds is 8. The molecule has 0 atom stereocenters. The van der Waals surface area contributed by atoms with Gasteiger partial charge in [0.2, 0.25) is 0 Å². The highest BCUT2D eigenvalue weighted by molar-refractivity contribution is 5.91. The van der Waals surface area contributed by atoms with Crippen molar-refractivity contribution in [3.05, 3.63) is 65.7 Å². The van der Waals surface area contributed by atoms with Gasteiger partial charge in [0, 0.05) is 12.1 Å². The minimum Gasteiger partial charge on any atom is -0.496 e. The molecule has 0 radical (unpaired) electrons. The Balaban J connectivity index is 2.32. The number of benzene rings is 2. The SMILES string of the molecule is COc1ccccc1C(=CC=O)c1cccc(OCCN(C)C)c1. The normalized spacial score (nSPS) is 11.4. The van der Waals surface area contributed by atoms with E-state index >= 15 is 0 Å². The smallest absolute Gasteiger partial charge is 0.143 e. The number of ether oxygens (including phenoxy) is 2. The van der Waals surface area contributed by atoms with Gasteiger partial charge in [0.25, 0.3) is 0 Å². The summed E-state index contributed by atoms with van der Waals surface area (Å²) in [6.45, 7) is 1.45. The molecule has 0 unspecified atom stereocenters. The van der Waals surface area contributed by atoms with Crippen molar-refractivity contribution < 1.29 is 14.3 Å².